The molecular weight excluding hydrogens is 259 g/mol. The molecule has 0 fully saturated rings. The molecular formula is C10H11ClF3NS. The number of rotatable bonds is 1. The first-order valence-corrected chi connectivity index (χ1v) is 5.44. The fourth-order valence-electron chi connectivity index (χ4n) is 1.65. The van der Waals surface area contributed by atoms with E-state index in [-0.39, 0.29) is 29.1 Å². The van der Waals surface area contributed by atoms with Gasteiger partial charge in [0.25, 0.3) is 0 Å². The summed E-state index contributed by atoms with van der Waals surface area (Å²) >= 11 is -0.0542. The zero-order valence-electron chi connectivity index (χ0n) is 8.30. The quantitative estimate of drug-likeness (QED) is 0.785. The van der Waals surface area contributed by atoms with Crippen molar-refractivity contribution in [1.82, 2.24) is 5.32 Å². The molecule has 1 heterocycles. The molecule has 1 aliphatic rings. The molecule has 0 radical (unpaired) electrons. The van der Waals surface area contributed by atoms with Crippen molar-refractivity contribution in [1.29, 1.82) is 0 Å². The molecule has 1 N–H and O–H groups in total. The maximum absolute atomic E-state index is 12.1. The van der Waals surface area contributed by atoms with Crippen LogP contribution in [0.3, 0.4) is 0 Å². The second-order valence-corrected chi connectivity index (χ2v) is 4.54. The molecule has 1 nitrogen and oxygen atoms in total. The van der Waals surface area contributed by atoms with E-state index in [0.29, 0.717) is 6.54 Å². The number of halogens is 4. The molecule has 0 amide bonds. The monoisotopic (exact) mass is 269 g/mol. The number of hydrogen-bond donors (Lipinski definition) is 1. The smallest absolute Gasteiger partial charge is 0.312 e. The number of alkyl halides is 3. The summed E-state index contributed by atoms with van der Waals surface area (Å²) in [5, 5.41) is 3.14. The van der Waals surface area contributed by atoms with Crippen molar-refractivity contribution in [3.05, 3.63) is 29.3 Å². The lowest BCUT2D eigenvalue weighted by molar-refractivity contribution is -0.0328. The Morgan fingerprint density at radius 1 is 1.19 bits per heavy atom. The average Bonchev–Trinajstić information content (AvgIpc) is 2.15. The summed E-state index contributed by atoms with van der Waals surface area (Å²) in [6.07, 6.45) is 0.895. The summed E-state index contributed by atoms with van der Waals surface area (Å²) in [5.41, 5.74) is -2.06. The van der Waals surface area contributed by atoms with Gasteiger partial charge >= 0.3 is 5.51 Å². The Bertz CT molecular complexity index is 368. The molecule has 90 valence electrons. The van der Waals surface area contributed by atoms with Gasteiger partial charge in [-0.15, -0.1) is 12.4 Å². The molecule has 16 heavy (non-hydrogen) atoms. The third kappa shape index (κ3) is 3.57. The summed E-state index contributed by atoms with van der Waals surface area (Å²) < 4.78 is 36.4. The van der Waals surface area contributed by atoms with Crippen LogP contribution in [0.5, 0.6) is 0 Å². The predicted molar refractivity (Wildman–Crippen MR) is 61.0 cm³/mol. The van der Waals surface area contributed by atoms with Crippen molar-refractivity contribution in [3.8, 4) is 0 Å². The van der Waals surface area contributed by atoms with E-state index in [0.717, 1.165) is 24.1 Å². The predicted octanol–water partition coefficient (Wildman–Crippen LogP) is 3.37. The lowest BCUT2D eigenvalue weighted by Crippen LogP contribution is -2.23. The third-order valence-corrected chi connectivity index (χ3v) is 3.02. The van der Waals surface area contributed by atoms with Crippen LogP contribution in [0.2, 0.25) is 0 Å². The fourth-order valence-corrected chi connectivity index (χ4v) is 2.26. The van der Waals surface area contributed by atoms with E-state index >= 15 is 0 Å². The van der Waals surface area contributed by atoms with E-state index < -0.39 is 5.51 Å². The van der Waals surface area contributed by atoms with Crippen LogP contribution in [0.1, 0.15) is 11.1 Å². The van der Waals surface area contributed by atoms with Gasteiger partial charge in [-0.2, -0.15) is 13.2 Å². The second kappa shape index (κ2) is 5.29. The molecule has 0 bridgehead atoms. The Morgan fingerprint density at radius 3 is 2.62 bits per heavy atom. The van der Waals surface area contributed by atoms with Crippen molar-refractivity contribution < 1.29 is 13.2 Å². The molecule has 1 aliphatic heterocycles. The summed E-state index contributed by atoms with van der Waals surface area (Å²) in [6, 6.07) is 4.96. The number of nitrogens with one attached hydrogen (secondary N) is 1. The number of hydrogen-bond acceptors (Lipinski definition) is 2. The summed E-state index contributed by atoms with van der Waals surface area (Å²) in [5.74, 6) is 0. The molecule has 0 spiro atoms. The second-order valence-electron chi connectivity index (χ2n) is 3.41. The standard InChI is InChI=1S/C10H10F3NS.ClH/c11-10(12,13)15-9-2-1-7-3-4-14-6-8(7)5-9;/h1-2,5,14H,3-4,6H2;1H. The van der Waals surface area contributed by atoms with Crippen LogP contribution in [-0.2, 0) is 13.0 Å². The molecule has 1 aromatic carbocycles. The van der Waals surface area contributed by atoms with Gasteiger partial charge < -0.3 is 5.32 Å². The highest BCUT2D eigenvalue weighted by Gasteiger charge is 2.29. The fraction of sp³-hybridized carbons (Fsp3) is 0.400. The normalized spacial score (nSPS) is 15.2. The van der Waals surface area contributed by atoms with E-state index in [4.69, 9.17) is 0 Å². The first-order valence-electron chi connectivity index (χ1n) is 4.63. The summed E-state index contributed by atoms with van der Waals surface area (Å²) in [6.45, 7) is 1.57. The van der Waals surface area contributed by atoms with Crippen molar-refractivity contribution in [3.63, 3.8) is 0 Å². The van der Waals surface area contributed by atoms with Gasteiger partial charge in [0.05, 0.1) is 0 Å². The minimum Gasteiger partial charge on any atom is -0.312 e. The third-order valence-electron chi connectivity index (χ3n) is 2.30. The van der Waals surface area contributed by atoms with Crippen LogP contribution in [-0.4, -0.2) is 12.1 Å². The molecule has 0 unspecified atom stereocenters. The number of benzene rings is 1. The van der Waals surface area contributed by atoms with Gasteiger partial charge in [0, 0.05) is 11.4 Å². The van der Waals surface area contributed by atoms with Gasteiger partial charge in [-0.25, -0.2) is 0 Å². The Labute approximate surface area is 102 Å². The van der Waals surface area contributed by atoms with Gasteiger partial charge in [-0.3, -0.25) is 0 Å². The summed E-state index contributed by atoms with van der Waals surface area (Å²) in [7, 11) is 0. The van der Waals surface area contributed by atoms with E-state index in [1.807, 2.05) is 0 Å². The lowest BCUT2D eigenvalue weighted by Gasteiger charge is -2.17. The maximum Gasteiger partial charge on any atom is 0.446 e. The highest BCUT2D eigenvalue weighted by Crippen LogP contribution is 2.37. The van der Waals surface area contributed by atoms with Crippen molar-refractivity contribution in [2.45, 2.75) is 23.4 Å². The Hall–Kier alpha value is -0.390. The Morgan fingerprint density at radius 2 is 1.94 bits per heavy atom. The van der Waals surface area contributed by atoms with E-state index in [1.165, 1.54) is 0 Å². The minimum atomic E-state index is -4.20. The lowest BCUT2D eigenvalue weighted by atomic mass is 10.0. The van der Waals surface area contributed by atoms with Gasteiger partial charge in [0.1, 0.15) is 0 Å². The molecule has 0 saturated heterocycles. The molecule has 0 saturated carbocycles. The zero-order chi connectivity index (χ0) is 10.9. The molecule has 6 heteroatoms. The molecule has 0 aromatic heterocycles. The van der Waals surface area contributed by atoms with Crippen molar-refractivity contribution >= 4 is 24.2 Å². The van der Waals surface area contributed by atoms with E-state index in [2.05, 4.69) is 5.32 Å². The van der Waals surface area contributed by atoms with E-state index in [9.17, 15) is 13.2 Å². The van der Waals surface area contributed by atoms with E-state index in [1.54, 1.807) is 18.2 Å². The van der Waals surface area contributed by atoms with Crippen LogP contribution >= 0.6 is 24.2 Å². The highest BCUT2D eigenvalue weighted by molar-refractivity contribution is 8.00. The summed E-state index contributed by atoms with van der Waals surface area (Å²) in [4.78, 5) is 0.268. The Balaban J connectivity index is 0.00000128. The first kappa shape index (κ1) is 13.7. The van der Waals surface area contributed by atoms with Gasteiger partial charge in [0.2, 0.25) is 0 Å². The maximum atomic E-state index is 12.1. The van der Waals surface area contributed by atoms with Gasteiger partial charge in [0.15, 0.2) is 0 Å². The SMILES string of the molecule is Cl.FC(F)(F)Sc1ccc2c(c1)CNCC2. The zero-order valence-corrected chi connectivity index (χ0v) is 9.94. The Kier molecular flexibility index (Phi) is 4.52. The van der Waals surface area contributed by atoms with Crippen LogP contribution in [0.15, 0.2) is 23.1 Å². The van der Waals surface area contributed by atoms with Crippen molar-refractivity contribution in [2.75, 3.05) is 6.54 Å². The minimum absolute atomic E-state index is 0. The topological polar surface area (TPSA) is 12.0 Å². The first-order chi connectivity index (χ1) is 7.04. The van der Waals surface area contributed by atoms with Crippen LogP contribution in [0.4, 0.5) is 13.2 Å². The van der Waals surface area contributed by atoms with Crippen LogP contribution < -0.4 is 5.32 Å². The molecule has 2 rings (SSSR count). The van der Waals surface area contributed by atoms with Crippen molar-refractivity contribution in [2.24, 2.45) is 0 Å². The van der Waals surface area contributed by atoms with Crippen LogP contribution in [0.25, 0.3) is 0 Å². The average molecular weight is 270 g/mol. The molecule has 1 aromatic rings. The van der Waals surface area contributed by atoms with Gasteiger partial charge in [-0.1, -0.05) is 6.07 Å². The highest BCUT2D eigenvalue weighted by atomic mass is 35.5. The molecule has 0 aliphatic carbocycles. The largest absolute Gasteiger partial charge is 0.446 e. The van der Waals surface area contributed by atoms with Crippen LogP contribution in [0, 0.1) is 0 Å². The molecule has 0 atom stereocenters. The number of thioether (sulfide) groups is 1. The number of fused-ring (bicyclic) bond motifs is 1. The van der Waals surface area contributed by atoms with Gasteiger partial charge in [-0.05, 0) is 48.0 Å².